The molecule has 2 rings (SSSR count). The van der Waals surface area contributed by atoms with Gasteiger partial charge in [-0.05, 0) is 36.9 Å². The number of tetrazole rings is 1. The van der Waals surface area contributed by atoms with Crippen molar-refractivity contribution in [3.8, 4) is 0 Å². The van der Waals surface area contributed by atoms with E-state index in [2.05, 4.69) is 20.7 Å². The Balaban J connectivity index is 2.41. The Morgan fingerprint density at radius 1 is 1.26 bits per heavy atom. The first kappa shape index (κ1) is 14.5. The number of aromatic nitrogens is 4. The highest BCUT2D eigenvalue weighted by Crippen LogP contribution is 2.37. The van der Waals surface area contributed by atoms with Crippen molar-refractivity contribution >= 4 is 34.8 Å². The van der Waals surface area contributed by atoms with Gasteiger partial charge in [0, 0.05) is 0 Å². The molecule has 102 valence electrons. The fourth-order valence-electron chi connectivity index (χ4n) is 1.79. The van der Waals surface area contributed by atoms with Crippen molar-refractivity contribution in [2.24, 2.45) is 0 Å². The van der Waals surface area contributed by atoms with E-state index >= 15 is 0 Å². The summed E-state index contributed by atoms with van der Waals surface area (Å²) < 4.78 is 0. The summed E-state index contributed by atoms with van der Waals surface area (Å²) in [5, 5.41) is 16.0. The van der Waals surface area contributed by atoms with Crippen LogP contribution in [0.3, 0.4) is 0 Å². The van der Waals surface area contributed by atoms with Crippen molar-refractivity contribution in [2.75, 3.05) is 13.6 Å². The number of hydrogen-bond donors (Lipinski definition) is 1. The lowest BCUT2D eigenvalue weighted by atomic mass is 10.0. The second-order valence-electron chi connectivity index (χ2n) is 3.93. The second kappa shape index (κ2) is 6.52. The summed E-state index contributed by atoms with van der Waals surface area (Å²) in [6.07, 6.45) is 2.14. The lowest BCUT2D eigenvalue weighted by Gasteiger charge is -2.18. The molecule has 0 saturated heterocycles. The van der Waals surface area contributed by atoms with Crippen LogP contribution in [0.2, 0.25) is 15.1 Å². The van der Waals surface area contributed by atoms with Crippen molar-refractivity contribution in [1.29, 1.82) is 0 Å². The van der Waals surface area contributed by atoms with Gasteiger partial charge in [-0.2, -0.15) is 4.80 Å². The predicted octanol–water partition coefficient (Wildman–Crippen LogP) is 2.83. The fourth-order valence-corrected chi connectivity index (χ4v) is 2.46. The summed E-state index contributed by atoms with van der Waals surface area (Å²) in [5.74, 6) is 0. The predicted molar refractivity (Wildman–Crippen MR) is 76.0 cm³/mol. The van der Waals surface area contributed by atoms with Gasteiger partial charge in [0.1, 0.15) is 6.04 Å². The average Bonchev–Trinajstić information content (AvgIpc) is 2.92. The van der Waals surface area contributed by atoms with Gasteiger partial charge in [0.25, 0.3) is 0 Å². The maximum atomic E-state index is 6.26. The molecule has 2 aromatic rings. The van der Waals surface area contributed by atoms with Crippen LogP contribution in [0.4, 0.5) is 0 Å². The van der Waals surface area contributed by atoms with E-state index < -0.39 is 0 Å². The maximum absolute atomic E-state index is 6.26. The molecule has 5 nitrogen and oxygen atoms in total. The van der Waals surface area contributed by atoms with Crippen LogP contribution in [0.5, 0.6) is 0 Å². The lowest BCUT2D eigenvalue weighted by molar-refractivity contribution is 0.422. The van der Waals surface area contributed by atoms with E-state index in [4.69, 9.17) is 34.8 Å². The van der Waals surface area contributed by atoms with E-state index in [9.17, 15) is 0 Å². The molecule has 0 radical (unpaired) electrons. The zero-order valence-electron chi connectivity index (χ0n) is 10.1. The molecule has 1 aromatic carbocycles. The molecule has 0 aliphatic carbocycles. The SMILES string of the molecule is CNCCC(c1ccc(Cl)c(Cl)c1Cl)n1ncnn1. The van der Waals surface area contributed by atoms with Crippen molar-refractivity contribution < 1.29 is 0 Å². The molecule has 1 heterocycles. The Morgan fingerprint density at radius 2 is 2.05 bits per heavy atom. The number of hydrogen-bond acceptors (Lipinski definition) is 4. The smallest absolute Gasteiger partial charge is 0.162 e. The van der Waals surface area contributed by atoms with Crippen LogP contribution in [-0.2, 0) is 0 Å². The van der Waals surface area contributed by atoms with E-state index in [1.807, 2.05) is 13.1 Å². The summed E-state index contributed by atoms with van der Waals surface area (Å²) in [4.78, 5) is 1.52. The van der Waals surface area contributed by atoms with Crippen LogP contribution in [-0.4, -0.2) is 33.8 Å². The molecule has 0 spiro atoms. The van der Waals surface area contributed by atoms with Gasteiger partial charge in [-0.3, -0.25) is 0 Å². The van der Waals surface area contributed by atoms with Gasteiger partial charge < -0.3 is 5.32 Å². The molecule has 0 aliphatic heterocycles. The molecule has 0 amide bonds. The lowest BCUT2D eigenvalue weighted by Crippen LogP contribution is -2.20. The van der Waals surface area contributed by atoms with Gasteiger partial charge in [-0.25, -0.2) is 0 Å². The van der Waals surface area contributed by atoms with Crippen LogP contribution in [0.25, 0.3) is 0 Å². The summed E-state index contributed by atoms with van der Waals surface area (Å²) in [6.45, 7) is 0.781. The zero-order valence-corrected chi connectivity index (χ0v) is 12.4. The van der Waals surface area contributed by atoms with Gasteiger partial charge in [0.15, 0.2) is 6.33 Å². The molecular weight excluding hydrogens is 309 g/mol. The Hall–Kier alpha value is -0.880. The quantitative estimate of drug-likeness (QED) is 0.861. The Labute approximate surface area is 125 Å². The van der Waals surface area contributed by atoms with Gasteiger partial charge in [0.2, 0.25) is 0 Å². The van der Waals surface area contributed by atoms with Gasteiger partial charge in [-0.15, -0.1) is 10.2 Å². The highest BCUT2D eigenvalue weighted by molar-refractivity contribution is 6.48. The zero-order chi connectivity index (χ0) is 13.8. The van der Waals surface area contributed by atoms with Crippen molar-refractivity contribution in [1.82, 2.24) is 25.5 Å². The van der Waals surface area contributed by atoms with E-state index in [-0.39, 0.29) is 6.04 Å². The molecule has 19 heavy (non-hydrogen) atoms. The number of halogens is 3. The van der Waals surface area contributed by atoms with Crippen molar-refractivity contribution in [3.05, 3.63) is 39.1 Å². The van der Waals surface area contributed by atoms with E-state index in [0.29, 0.717) is 15.1 Å². The third kappa shape index (κ3) is 3.17. The monoisotopic (exact) mass is 319 g/mol. The summed E-state index contributed by atoms with van der Waals surface area (Å²) in [7, 11) is 1.88. The van der Waals surface area contributed by atoms with Gasteiger partial charge >= 0.3 is 0 Å². The molecule has 0 saturated carbocycles. The summed E-state index contributed by atoms with van der Waals surface area (Å²) in [6, 6.07) is 3.41. The van der Waals surface area contributed by atoms with Gasteiger partial charge in [0.05, 0.1) is 15.1 Å². The van der Waals surface area contributed by atoms with Gasteiger partial charge in [-0.1, -0.05) is 40.9 Å². The molecule has 1 atom stereocenters. The van der Waals surface area contributed by atoms with Crippen LogP contribution in [0.1, 0.15) is 18.0 Å². The molecule has 1 aromatic heterocycles. The van der Waals surface area contributed by atoms with Crippen LogP contribution < -0.4 is 5.32 Å². The van der Waals surface area contributed by atoms with Crippen LogP contribution >= 0.6 is 34.8 Å². The normalized spacial score (nSPS) is 12.6. The molecule has 1 N–H and O–H groups in total. The van der Waals surface area contributed by atoms with Crippen LogP contribution in [0.15, 0.2) is 18.5 Å². The Bertz CT molecular complexity index is 544. The Kier molecular flexibility index (Phi) is 4.99. The largest absolute Gasteiger partial charge is 0.320 e. The average molecular weight is 321 g/mol. The highest BCUT2D eigenvalue weighted by atomic mass is 35.5. The molecular formula is C11H12Cl3N5. The van der Waals surface area contributed by atoms with Crippen LogP contribution in [0, 0.1) is 0 Å². The first-order valence-corrected chi connectivity index (χ1v) is 6.79. The van der Waals surface area contributed by atoms with Crippen molar-refractivity contribution in [3.63, 3.8) is 0 Å². The minimum Gasteiger partial charge on any atom is -0.320 e. The van der Waals surface area contributed by atoms with E-state index in [1.165, 1.54) is 11.1 Å². The second-order valence-corrected chi connectivity index (χ2v) is 5.09. The van der Waals surface area contributed by atoms with Crippen molar-refractivity contribution in [2.45, 2.75) is 12.5 Å². The third-order valence-electron chi connectivity index (χ3n) is 2.74. The molecule has 0 bridgehead atoms. The Morgan fingerprint density at radius 3 is 2.68 bits per heavy atom. The van der Waals surface area contributed by atoms with E-state index in [1.54, 1.807) is 6.07 Å². The summed E-state index contributed by atoms with van der Waals surface area (Å²) >= 11 is 18.3. The molecule has 1 unspecified atom stereocenters. The number of benzene rings is 1. The number of nitrogens with one attached hydrogen (secondary N) is 1. The molecule has 0 fully saturated rings. The highest BCUT2D eigenvalue weighted by Gasteiger charge is 2.21. The first-order chi connectivity index (χ1) is 9.15. The first-order valence-electron chi connectivity index (χ1n) is 5.65. The number of nitrogens with zero attached hydrogens (tertiary/aromatic N) is 4. The minimum absolute atomic E-state index is 0.141. The molecule has 0 aliphatic rings. The summed E-state index contributed by atoms with van der Waals surface area (Å²) in [5.41, 5.74) is 0.823. The minimum atomic E-state index is -0.141. The topological polar surface area (TPSA) is 55.6 Å². The standard InChI is InChI=1S/C11H12Cl3N5/c1-15-5-4-9(19-17-6-16-18-19)7-2-3-8(12)11(14)10(7)13/h2-3,6,9,15H,4-5H2,1H3. The maximum Gasteiger partial charge on any atom is 0.162 e. The fraction of sp³-hybridized carbons (Fsp3) is 0.364. The molecule has 8 heteroatoms. The number of rotatable bonds is 5. The van der Waals surface area contributed by atoms with E-state index in [0.717, 1.165) is 18.5 Å². The third-order valence-corrected chi connectivity index (χ3v) is 4.04.